The largest absolute Gasteiger partial charge is 0.468 e. The van der Waals surface area contributed by atoms with Crippen LogP contribution in [0.25, 0.3) is 0 Å². The minimum Gasteiger partial charge on any atom is -0.468 e. The summed E-state index contributed by atoms with van der Waals surface area (Å²) in [7, 11) is 1.45. The second kappa shape index (κ2) is 6.80. The van der Waals surface area contributed by atoms with Crippen LogP contribution in [0.4, 0.5) is 0 Å². The zero-order valence-electron chi connectivity index (χ0n) is 9.79. The van der Waals surface area contributed by atoms with Crippen molar-refractivity contribution in [3.8, 4) is 0 Å². The Labute approximate surface area is 92.0 Å². The molecule has 0 saturated carbocycles. The zero-order valence-corrected chi connectivity index (χ0v) is 9.79. The number of rotatable bonds is 6. The Morgan fingerprint density at radius 2 is 2.13 bits per heavy atom. The van der Waals surface area contributed by atoms with Gasteiger partial charge in [0.15, 0.2) is 0 Å². The highest BCUT2D eigenvalue weighted by molar-refractivity contribution is 5.75. The topological polar surface area (TPSA) is 41.6 Å². The van der Waals surface area contributed by atoms with Gasteiger partial charge in [0.25, 0.3) is 0 Å². The van der Waals surface area contributed by atoms with Crippen molar-refractivity contribution in [2.24, 2.45) is 0 Å². The quantitative estimate of drug-likeness (QED) is 0.658. The van der Waals surface area contributed by atoms with Crippen LogP contribution in [-0.4, -0.2) is 50.2 Å². The third kappa shape index (κ3) is 4.18. The average Bonchev–Trinajstić information content (AvgIpc) is 2.75. The Hall–Kier alpha value is -0.610. The molecule has 1 heterocycles. The Morgan fingerprint density at radius 1 is 1.47 bits per heavy atom. The summed E-state index contributed by atoms with van der Waals surface area (Å²) in [5.41, 5.74) is 0. The van der Waals surface area contributed by atoms with Crippen LogP contribution in [0.1, 0.15) is 26.2 Å². The van der Waals surface area contributed by atoms with Gasteiger partial charge < -0.3 is 15.0 Å². The first kappa shape index (κ1) is 12.5. The Kier molecular flexibility index (Phi) is 5.65. The number of carbonyl (C=O) groups excluding carboxylic acids is 1. The normalized spacial score (nSPS) is 19.1. The van der Waals surface area contributed by atoms with Crippen molar-refractivity contribution >= 4 is 5.97 Å². The molecule has 0 aliphatic carbocycles. The molecule has 0 radical (unpaired) electrons. The van der Waals surface area contributed by atoms with Gasteiger partial charge in [-0.3, -0.25) is 4.79 Å². The number of esters is 1. The second-order valence-corrected chi connectivity index (χ2v) is 4.04. The molecule has 0 aromatic heterocycles. The highest BCUT2D eigenvalue weighted by Gasteiger charge is 2.23. The summed E-state index contributed by atoms with van der Waals surface area (Å²) < 4.78 is 4.79. The van der Waals surface area contributed by atoms with Crippen molar-refractivity contribution in [1.29, 1.82) is 0 Å². The van der Waals surface area contributed by atoms with E-state index in [1.165, 1.54) is 20.0 Å². The number of hydrogen-bond donors (Lipinski definition) is 1. The van der Waals surface area contributed by atoms with Gasteiger partial charge in [0.1, 0.15) is 6.04 Å². The Balaban J connectivity index is 2.36. The van der Waals surface area contributed by atoms with Gasteiger partial charge in [-0.15, -0.1) is 0 Å². The molecule has 1 N–H and O–H groups in total. The molecule has 1 fully saturated rings. The number of hydrogen-bond acceptors (Lipinski definition) is 4. The number of carbonyl (C=O) groups is 1. The van der Waals surface area contributed by atoms with Gasteiger partial charge in [0.2, 0.25) is 0 Å². The van der Waals surface area contributed by atoms with Crippen molar-refractivity contribution in [1.82, 2.24) is 10.2 Å². The fourth-order valence-corrected chi connectivity index (χ4v) is 1.91. The smallest absolute Gasteiger partial charge is 0.324 e. The number of methoxy groups -OCH3 is 1. The maximum Gasteiger partial charge on any atom is 0.324 e. The number of nitrogens with zero attached hydrogens (tertiary/aromatic N) is 1. The molecule has 1 rings (SSSR count). The summed E-state index contributed by atoms with van der Waals surface area (Å²) >= 11 is 0. The molecular formula is C11H22N2O2. The molecule has 1 unspecified atom stereocenters. The molecule has 4 nitrogen and oxygen atoms in total. The highest BCUT2D eigenvalue weighted by atomic mass is 16.5. The lowest BCUT2D eigenvalue weighted by Crippen LogP contribution is -2.46. The van der Waals surface area contributed by atoms with E-state index in [1.807, 2.05) is 0 Å². The van der Waals surface area contributed by atoms with Gasteiger partial charge in [0.05, 0.1) is 7.11 Å². The summed E-state index contributed by atoms with van der Waals surface area (Å²) in [6.45, 7) is 5.97. The van der Waals surface area contributed by atoms with E-state index in [2.05, 4.69) is 17.1 Å². The van der Waals surface area contributed by atoms with Gasteiger partial charge in [0, 0.05) is 6.54 Å². The monoisotopic (exact) mass is 214 g/mol. The molecular weight excluding hydrogens is 192 g/mol. The molecule has 0 aromatic rings. The third-order valence-electron chi connectivity index (χ3n) is 2.77. The van der Waals surface area contributed by atoms with E-state index in [9.17, 15) is 4.79 Å². The van der Waals surface area contributed by atoms with Gasteiger partial charge in [-0.25, -0.2) is 0 Å². The van der Waals surface area contributed by atoms with Crippen molar-refractivity contribution in [3.63, 3.8) is 0 Å². The molecule has 1 aliphatic heterocycles. The number of likely N-dealkylation sites (tertiary alicyclic amines) is 1. The zero-order chi connectivity index (χ0) is 11.1. The van der Waals surface area contributed by atoms with Crippen LogP contribution >= 0.6 is 0 Å². The molecule has 0 bridgehead atoms. The van der Waals surface area contributed by atoms with Gasteiger partial charge in [-0.05, 0) is 38.9 Å². The molecule has 88 valence electrons. The summed E-state index contributed by atoms with van der Waals surface area (Å²) in [4.78, 5) is 13.8. The molecule has 1 aliphatic rings. The summed E-state index contributed by atoms with van der Waals surface area (Å²) in [5, 5.41) is 3.23. The molecule has 0 spiro atoms. The van der Waals surface area contributed by atoms with Crippen LogP contribution in [-0.2, 0) is 9.53 Å². The van der Waals surface area contributed by atoms with Crippen molar-refractivity contribution in [3.05, 3.63) is 0 Å². The Morgan fingerprint density at radius 3 is 2.67 bits per heavy atom. The lowest BCUT2D eigenvalue weighted by atomic mass is 10.2. The fourth-order valence-electron chi connectivity index (χ4n) is 1.91. The number of ether oxygens (including phenoxy) is 1. The van der Waals surface area contributed by atoms with Gasteiger partial charge in [-0.2, -0.15) is 0 Å². The van der Waals surface area contributed by atoms with E-state index < -0.39 is 0 Å². The SMILES string of the molecule is CCCNC(CN1CCCC1)C(=O)OC. The van der Waals surface area contributed by atoms with E-state index in [-0.39, 0.29) is 12.0 Å². The molecule has 4 heteroatoms. The lowest BCUT2D eigenvalue weighted by Gasteiger charge is -2.22. The van der Waals surface area contributed by atoms with E-state index in [0.717, 1.165) is 32.6 Å². The van der Waals surface area contributed by atoms with Gasteiger partial charge >= 0.3 is 5.97 Å². The van der Waals surface area contributed by atoms with Crippen LogP contribution in [0.3, 0.4) is 0 Å². The minimum absolute atomic E-state index is 0.143. The second-order valence-electron chi connectivity index (χ2n) is 4.04. The first-order valence-electron chi connectivity index (χ1n) is 5.81. The first-order valence-corrected chi connectivity index (χ1v) is 5.81. The predicted octanol–water partition coefficient (Wildman–Crippen LogP) is 0.623. The third-order valence-corrected chi connectivity index (χ3v) is 2.77. The van der Waals surface area contributed by atoms with Crippen molar-refractivity contribution in [2.45, 2.75) is 32.2 Å². The fraction of sp³-hybridized carbons (Fsp3) is 0.909. The van der Waals surface area contributed by atoms with Crippen LogP contribution in [0.5, 0.6) is 0 Å². The van der Waals surface area contributed by atoms with Crippen LogP contribution in [0, 0.1) is 0 Å². The van der Waals surface area contributed by atoms with E-state index in [4.69, 9.17) is 4.74 Å². The van der Waals surface area contributed by atoms with Crippen molar-refractivity contribution in [2.75, 3.05) is 33.3 Å². The maximum absolute atomic E-state index is 11.5. The van der Waals surface area contributed by atoms with Gasteiger partial charge in [-0.1, -0.05) is 6.92 Å². The number of nitrogens with one attached hydrogen (secondary N) is 1. The highest BCUT2D eigenvalue weighted by Crippen LogP contribution is 2.08. The van der Waals surface area contributed by atoms with Crippen LogP contribution in [0.2, 0.25) is 0 Å². The van der Waals surface area contributed by atoms with E-state index >= 15 is 0 Å². The average molecular weight is 214 g/mol. The van der Waals surface area contributed by atoms with Crippen LogP contribution in [0.15, 0.2) is 0 Å². The standard InChI is InChI=1S/C11H22N2O2/c1-3-6-12-10(11(14)15-2)9-13-7-4-5-8-13/h10,12H,3-9H2,1-2H3. The maximum atomic E-state index is 11.5. The lowest BCUT2D eigenvalue weighted by molar-refractivity contribution is -0.143. The van der Waals surface area contributed by atoms with Crippen molar-refractivity contribution < 1.29 is 9.53 Å². The summed E-state index contributed by atoms with van der Waals surface area (Å²) in [6.07, 6.45) is 3.54. The molecule has 1 saturated heterocycles. The first-order chi connectivity index (χ1) is 7.27. The predicted molar refractivity (Wildman–Crippen MR) is 59.8 cm³/mol. The molecule has 15 heavy (non-hydrogen) atoms. The minimum atomic E-state index is -0.159. The van der Waals surface area contributed by atoms with E-state index in [1.54, 1.807) is 0 Å². The molecule has 0 amide bonds. The van der Waals surface area contributed by atoms with Crippen LogP contribution < -0.4 is 5.32 Å². The summed E-state index contributed by atoms with van der Waals surface area (Å²) in [5.74, 6) is -0.143. The van der Waals surface area contributed by atoms with E-state index in [0.29, 0.717) is 0 Å². The molecule has 1 atom stereocenters. The summed E-state index contributed by atoms with van der Waals surface area (Å²) in [6, 6.07) is -0.159. The molecule has 0 aromatic carbocycles. The Bertz CT molecular complexity index is 191.